The highest BCUT2D eigenvalue weighted by Gasteiger charge is 2.36. The van der Waals surface area contributed by atoms with Gasteiger partial charge in [-0.1, -0.05) is 73.2 Å². The van der Waals surface area contributed by atoms with Gasteiger partial charge in [-0.25, -0.2) is 4.98 Å². The minimum Gasteiger partial charge on any atom is -0.306 e. The van der Waals surface area contributed by atoms with Crippen LogP contribution in [0.1, 0.15) is 37.6 Å². The maximum Gasteiger partial charge on any atom is 0.114 e. The molecule has 0 amide bonds. The molecule has 192 valence electrons. The number of nitrogens with zero attached hydrogens (tertiary/aromatic N) is 3. The summed E-state index contributed by atoms with van der Waals surface area (Å²) in [5, 5.41) is 0. The van der Waals surface area contributed by atoms with Gasteiger partial charge in [0.2, 0.25) is 0 Å². The average molecular weight is 516 g/mol. The highest BCUT2D eigenvalue weighted by Crippen LogP contribution is 2.53. The van der Waals surface area contributed by atoms with E-state index in [0.717, 1.165) is 30.6 Å². The number of allylic oxidation sites excluding steroid dienone is 12. The number of hydrogen-bond acceptors (Lipinski definition) is 2. The summed E-state index contributed by atoms with van der Waals surface area (Å²) in [7, 11) is 0. The van der Waals surface area contributed by atoms with Crippen LogP contribution in [-0.4, -0.2) is 9.55 Å². The van der Waals surface area contributed by atoms with E-state index in [-0.39, 0.29) is 0 Å². The molecule has 0 saturated carbocycles. The largest absolute Gasteiger partial charge is 0.306 e. The number of hydrogen-bond donors (Lipinski definition) is 0. The normalized spacial score (nSPS) is 20.0. The number of imidazole rings is 1. The van der Waals surface area contributed by atoms with Crippen molar-refractivity contribution in [3.63, 3.8) is 0 Å². The lowest BCUT2D eigenvalue weighted by atomic mass is 9.65. The zero-order chi connectivity index (χ0) is 26.4. The molecule has 0 fully saturated rings. The molecule has 3 heteroatoms. The van der Waals surface area contributed by atoms with E-state index in [0.29, 0.717) is 5.92 Å². The minimum atomic E-state index is 0.439. The fourth-order valence-corrected chi connectivity index (χ4v) is 7.53. The molecule has 3 nitrogen and oxygen atoms in total. The zero-order valence-electron chi connectivity index (χ0n) is 22.6. The van der Waals surface area contributed by atoms with Gasteiger partial charge in [-0.05, 0) is 95.2 Å². The van der Waals surface area contributed by atoms with E-state index in [4.69, 9.17) is 4.98 Å². The van der Waals surface area contributed by atoms with Crippen molar-refractivity contribution in [1.29, 1.82) is 0 Å². The third-order valence-corrected chi connectivity index (χ3v) is 9.23. The lowest BCUT2D eigenvalue weighted by molar-refractivity contribution is 0.721. The smallest absolute Gasteiger partial charge is 0.114 e. The van der Waals surface area contributed by atoms with Crippen LogP contribution in [0.25, 0.3) is 22.3 Å². The molecule has 0 bridgehead atoms. The van der Waals surface area contributed by atoms with Crippen LogP contribution in [-0.2, 0) is 6.42 Å². The lowest BCUT2D eigenvalue weighted by Crippen LogP contribution is -2.23. The third kappa shape index (κ3) is 2.92. The first-order chi connectivity index (χ1) is 19.8. The number of benzene rings is 3. The van der Waals surface area contributed by atoms with E-state index in [2.05, 4.69) is 120 Å². The van der Waals surface area contributed by atoms with Crippen molar-refractivity contribution in [3.05, 3.63) is 142 Å². The Morgan fingerprint density at radius 3 is 2.75 bits per heavy atom. The maximum atomic E-state index is 5.05. The topological polar surface area (TPSA) is 21.1 Å². The Balaban J connectivity index is 1.30. The van der Waals surface area contributed by atoms with E-state index < -0.39 is 0 Å². The molecule has 40 heavy (non-hydrogen) atoms. The number of rotatable bonds is 3. The first kappa shape index (κ1) is 22.2. The Morgan fingerprint density at radius 2 is 1.85 bits per heavy atom. The summed E-state index contributed by atoms with van der Waals surface area (Å²) in [5.41, 5.74) is 17.0. The predicted octanol–water partition coefficient (Wildman–Crippen LogP) is 9.23. The number of fused-ring (bicyclic) bond motifs is 2. The maximum absolute atomic E-state index is 5.05. The van der Waals surface area contributed by atoms with Crippen molar-refractivity contribution in [2.75, 3.05) is 4.90 Å². The van der Waals surface area contributed by atoms with Crippen molar-refractivity contribution in [2.45, 2.75) is 32.6 Å². The summed E-state index contributed by atoms with van der Waals surface area (Å²) in [4.78, 5) is 7.48. The standard InChI is InChI=1S/C37H29N3/c1-2-34-38-30-15-8-16-32-37(30)40(34)31-20-19-25(22-33(31)39(32)27-12-4-3-5-13-27)29-21-26-11-6-9-23-17-18-24-10-7-14-28(29)36(24)35(23)26/h3-5,7-8,11-22,35H,2,6,9-10H2,1H3. The van der Waals surface area contributed by atoms with Crippen molar-refractivity contribution in [1.82, 2.24) is 9.55 Å². The highest BCUT2D eigenvalue weighted by molar-refractivity contribution is 6.02. The minimum absolute atomic E-state index is 0.439. The van der Waals surface area contributed by atoms with Crippen LogP contribution in [0.4, 0.5) is 17.1 Å². The zero-order valence-corrected chi connectivity index (χ0v) is 22.6. The van der Waals surface area contributed by atoms with Gasteiger partial charge in [-0.2, -0.15) is 0 Å². The molecule has 0 radical (unpaired) electrons. The molecule has 0 spiro atoms. The Morgan fingerprint density at radius 1 is 0.925 bits per heavy atom. The van der Waals surface area contributed by atoms with Crippen LogP contribution in [0.2, 0.25) is 0 Å². The Hall–Kier alpha value is -4.63. The summed E-state index contributed by atoms with van der Waals surface area (Å²) < 4.78 is 2.39. The van der Waals surface area contributed by atoms with E-state index in [1.165, 1.54) is 68.1 Å². The SMILES string of the molecule is CCc1nc2cccc3c2n1-c1ccc(C2=CC4=CCCC5=CC=C6CC=CC2=C6C45)cc1N3c1ccccc1. The van der Waals surface area contributed by atoms with Crippen molar-refractivity contribution in [2.24, 2.45) is 5.92 Å². The first-order valence-corrected chi connectivity index (χ1v) is 14.5. The fourth-order valence-electron chi connectivity index (χ4n) is 7.53. The van der Waals surface area contributed by atoms with Gasteiger partial charge < -0.3 is 4.90 Å². The predicted molar refractivity (Wildman–Crippen MR) is 164 cm³/mol. The van der Waals surface area contributed by atoms with E-state index in [1.54, 1.807) is 5.57 Å². The molecule has 1 aliphatic heterocycles. The van der Waals surface area contributed by atoms with Crippen LogP contribution in [0.5, 0.6) is 0 Å². The van der Waals surface area contributed by atoms with E-state index in [9.17, 15) is 0 Å². The molecule has 0 saturated heterocycles. The summed E-state index contributed by atoms with van der Waals surface area (Å²) in [6.07, 6.45) is 18.7. The van der Waals surface area contributed by atoms with Crippen molar-refractivity contribution in [3.8, 4) is 5.69 Å². The summed E-state index contributed by atoms with van der Waals surface area (Å²) in [5.74, 6) is 1.54. The molecule has 3 aromatic carbocycles. The van der Waals surface area contributed by atoms with Gasteiger partial charge in [0, 0.05) is 18.0 Å². The molecule has 1 unspecified atom stereocenters. The second-order valence-electron chi connectivity index (χ2n) is 11.3. The fraction of sp³-hybridized carbons (Fsp3) is 0.162. The lowest BCUT2D eigenvalue weighted by Gasteiger charge is -2.39. The van der Waals surface area contributed by atoms with Gasteiger partial charge in [0.1, 0.15) is 5.82 Å². The molecular formula is C37H29N3. The molecule has 1 atom stereocenters. The molecule has 1 aromatic heterocycles. The third-order valence-electron chi connectivity index (χ3n) is 9.23. The monoisotopic (exact) mass is 515 g/mol. The second-order valence-corrected chi connectivity index (χ2v) is 11.3. The quantitative estimate of drug-likeness (QED) is 0.239. The molecule has 0 N–H and O–H groups in total. The molecule has 4 aromatic rings. The van der Waals surface area contributed by atoms with Crippen LogP contribution in [0.15, 0.2) is 131 Å². The molecule has 2 heterocycles. The van der Waals surface area contributed by atoms with Gasteiger partial charge >= 0.3 is 0 Å². The van der Waals surface area contributed by atoms with Gasteiger partial charge in [-0.3, -0.25) is 4.57 Å². The highest BCUT2D eigenvalue weighted by atomic mass is 15.2. The van der Waals surface area contributed by atoms with Crippen molar-refractivity contribution >= 4 is 33.7 Å². The average Bonchev–Trinajstić information content (AvgIpc) is 3.40. The molecular weight excluding hydrogens is 486 g/mol. The van der Waals surface area contributed by atoms with Gasteiger partial charge in [0.15, 0.2) is 0 Å². The van der Waals surface area contributed by atoms with Crippen LogP contribution in [0, 0.1) is 5.92 Å². The van der Waals surface area contributed by atoms with Gasteiger partial charge in [-0.15, -0.1) is 0 Å². The number of aromatic nitrogens is 2. The number of para-hydroxylation sites is 2. The summed E-state index contributed by atoms with van der Waals surface area (Å²) >= 11 is 0. The summed E-state index contributed by atoms with van der Waals surface area (Å²) in [6.45, 7) is 2.20. The van der Waals surface area contributed by atoms with Crippen LogP contribution >= 0.6 is 0 Å². The molecule has 9 rings (SSSR count). The van der Waals surface area contributed by atoms with Gasteiger partial charge in [0.25, 0.3) is 0 Å². The Bertz CT molecular complexity index is 1960. The molecule has 5 aliphatic rings. The van der Waals surface area contributed by atoms with Crippen LogP contribution < -0.4 is 4.90 Å². The van der Waals surface area contributed by atoms with E-state index >= 15 is 0 Å². The van der Waals surface area contributed by atoms with Crippen molar-refractivity contribution < 1.29 is 0 Å². The van der Waals surface area contributed by atoms with Crippen LogP contribution in [0.3, 0.4) is 0 Å². The first-order valence-electron chi connectivity index (χ1n) is 14.5. The molecule has 4 aliphatic carbocycles. The Kier molecular flexibility index (Phi) is 4.55. The van der Waals surface area contributed by atoms with Gasteiger partial charge in [0.05, 0.1) is 28.1 Å². The number of anilines is 3. The second kappa shape index (κ2) is 8.19. The van der Waals surface area contributed by atoms with E-state index in [1.807, 2.05) is 0 Å². The summed E-state index contributed by atoms with van der Waals surface area (Å²) in [6, 6.07) is 24.3. The number of aryl methyl sites for hydroxylation is 1. The Labute approximate surface area is 234 Å².